The van der Waals surface area contributed by atoms with E-state index in [1.807, 2.05) is 26.0 Å². The number of amides is 7. The van der Waals surface area contributed by atoms with Gasteiger partial charge in [-0.15, -0.1) is 0 Å². The summed E-state index contributed by atoms with van der Waals surface area (Å²) in [6.45, 7) is 11.4. The summed E-state index contributed by atoms with van der Waals surface area (Å²) < 4.78 is 38.1. The van der Waals surface area contributed by atoms with E-state index in [9.17, 15) is 57.5 Å². The summed E-state index contributed by atoms with van der Waals surface area (Å²) in [4.78, 5) is 159. The first-order valence-electron chi connectivity index (χ1n) is 32.6. The highest BCUT2D eigenvalue weighted by atomic mass is 16.6. The zero-order chi connectivity index (χ0) is 71.9. The molecule has 0 aliphatic rings. The van der Waals surface area contributed by atoms with Crippen molar-refractivity contribution >= 4 is 71.2 Å². The lowest BCUT2D eigenvalue weighted by molar-refractivity contribution is -0.159. The van der Waals surface area contributed by atoms with Crippen LogP contribution in [0.4, 0.5) is 4.79 Å². The number of alkyl carbamates (subject to hydrolysis) is 1. The molecule has 27 nitrogen and oxygen atoms in total. The van der Waals surface area contributed by atoms with E-state index >= 15 is 0 Å². The molecule has 0 heterocycles. The van der Waals surface area contributed by atoms with Gasteiger partial charge in [0.05, 0.1) is 45.5 Å². The number of carbonyl (C=O) groups is 12. The Labute approximate surface area is 572 Å². The van der Waals surface area contributed by atoms with E-state index < -0.39 is 126 Å². The van der Waals surface area contributed by atoms with Crippen LogP contribution in [-0.4, -0.2) is 165 Å². The molecule has 7 amide bonds. The third-order valence-corrected chi connectivity index (χ3v) is 13.8. The highest BCUT2D eigenvalue weighted by Crippen LogP contribution is 2.15. The normalized spacial score (nSPS) is 12.7. The molecule has 0 aliphatic carbocycles. The first kappa shape index (κ1) is 80.8. The Bertz CT molecular complexity index is 3180. The number of benzene rings is 4. The molecule has 0 saturated carbocycles. The number of ketones is 1. The second kappa shape index (κ2) is 43.5. The summed E-state index contributed by atoms with van der Waals surface area (Å²) in [5.74, 6) is -7.79. The van der Waals surface area contributed by atoms with E-state index in [1.165, 1.54) is 0 Å². The van der Waals surface area contributed by atoms with Crippen molar-refractivity contribution in [3.63, 3.8) is 0 Å². The number of nitrogens with one attached hydrogen (secondary N) is 8. The van der Waals surface area contributed by atoms with Crippen molar-refractivity contribution in [1.82, 2.24) is 42.5 Å². The van der Waals surface area contributed by atoms with E-state index in [-0.39, 0.29) is 117 Å². The number of hydrogen-bond acceptors (Lipinski definition) is 20. The molecular weight excluding hydrogens is 1270 g/mol. The fraction of sp³-hybridized carbons (Fsp3) is 0.493. The lowest BCUT2D eigenvalue weighted by atomic mass is 10.0. The standard InChI is InChI=1S/C71H96N8O19/c1-48(2)39-58(79-66(88)57(40-49-21-13-9-14-22-49)73-41-53(80)42-75-69(91)98-71(6,7)8)64(86)74-43-60(82)77-56(68(90)97-70(3,4)5)29-32-59(81)72-35-36-92-37-38-93-47-61(83)76-54(30-33-62(84)94-44-50-23-15-10-16-24-50)65(87)78-55(67(89)96-46-52-27-19-12-20-28-52)31-34-63(85)95-45-51-25-17-11-18-26-51/h9-28,48,54-58,73H,29-47H2,1-8H3,(H,72,81)(H,74,86)(H,75,91)(H,76,83)(H,77,82)(H,78,87)(H,79,88). The maximum absolute atomic E-state index is 14.0. The molecule has 4 aromatic rings. The average Bonchev–Trinajstić information content (AvgIpc) is 1.10. The van der Waals surface area contributed by atoms with Gasteiger partial charge in [0.25, 0.3) is 0 Å². The Balaban J connectivity index is 1.27. The number of hydrogen-bond donors (Lipinski definition) is 8. The molecule has 0 aromatic heterocycles. The fourth-order valence-electron chi connectivity index (χ4n) is 9.04. The van der Waals surface area contributed by atoms with E-state index in [4.69, 9.17) is 33.2 Å². The minimum atomic E-state index is -1.39. The average molecular weight is 1370 g/mol. The predicted molar refractivity (Wildman–Crippen MR) is 358 cm³/mol. The van der Waals surface area contributed by atoms with Gasteiger partial charge in [0, 0.05) is 25.8 Å². The van der Waals surface area contributed by atoms with Gasteiger partial charge in [-0.05, 0) is 102 Å². The number of esters is 4. The molecule has 4 rings (SSSR count). The summed E-state index contributed by atoms with van der Waals surface area (Å²) in [6.07, 6.45) is -2.02. The molecule has 534 valence electrons. The van der Waals surface area contributed by atoms with Crippen molar-refractivity contribution in [1.29, 1.82) is 0 Å². The van der Waals surface area contributed by atoms with Crippen LogP contribution in [0.15, 0.2) is 121 Å². The molecule has 0 saturated heterocycles. The van der Waals surface area contributed by atoms with Crippen LogP contribution in [0, 0.1) is 5.92 Å². The van der Waals surface area contributed by atoms with Gasteiger partial charge >= 0.3 is 30.0 Å². The van der Waals surface area contributed by atoms with Crippen molar-refractivity contribution in [2.45, 2.75) is 168 Å². The van der Waals surface area contributed by atoms with Gasteiger partial charge in [-0.3, -0.25) is 48.5 Å². The van der Waals surface area contributed by atoms with Crippen molar-refractivity contribution in [2.75, 3.05) is 52.6 Å². The number of Topliss-reactive ketones (excluding diaryl/α,β-unsaturated/α-hetero) is 1. The Morgan fingerprint density at radius 2 is 0.878 bits per heavy atom. The van der Waals surface area contributed by atoms with Crippen LogP contribution in [0.5, 0.6) is 0 Å². The van der Waals surface area contributed by atoms with Gasteiger partial charge < -0.3 is 70.4 Å². The molecule has 0 fully saturated rings. The fourth-order valence-corrected chi connectivity index (χ4v) is 9.04. The smallest absolute Gasteiger partial charge is 0.408 e. The molecule has 5 atom stereocenters. The van der Waals surface area contributed by atoms with Gasteiger partial charge in [0.15, 0.2) is 5.78 Å². The van der Waals surface area contributed by atoms with Gasteiger partial charge in [-0.1, -0.05) is 135 Å². The third kappa shape index (κ3) is 35.9. The summed E-state index contributed by atoms with van der Waals surface area (Å²) >= 11 is 0. The second-order valence-corrected chi connectivity index (χ2v) is 25.3. The second-order valence-electron chi connectivity index (χ2n) is 25.3. The van der Waals surface area contributed by atoms with Gasteiger partial charge in [-0.2, -0.15) is 0 Å². The van der Waals surface area contributed by atoms with Gasteiger partial charge in [-0.25, -0.2) is 14.4 Å². The Kier molecular flexibility index (Phi) is 35.9. The number of carbonyl (C=O) groups excluding carboxylic acids is 12. The SMILES string of the molecule is CC(C)CC(NC(=O)C(Cc1ccccc1)NCC(=O)CNC(=O)OC(C)(C)C)C(=O)NCC(=O)NC(CCC(=O)NCCOCCOCC(=O)NC(CCC(=O)OCc1ccccc1)C(=O)NC(CCC(=O)OCc1ccccc1)C(=O)OCc1ccccc1)C(=O)OC(C)(C)C. The molecule has 8 N–H and O–H groups in total. The zero-order valence-corrected chi connectivity index (χ0v) is 57.2. The van der Waals surface area contributed by atoms with Crippen LogP contribution in [0.1, 0.15) is 123 Å². The van der Waals surface area contributed by atoms with Crippen LogP contribution in [-0.2, 0) is 112 Å². The quantitative estimate of drug-likeness (QED) is 0.0172. The molecule has 0 bridgehead atoms. The van der Waals surface area contributed by atoms with Crippen LogP contribution in [0.25, 0.3) is 0 Å². The highest BCUT2D eigenvalue weighted by Gasteiger charge is 2.32. The monoisotopic (exact) mass is 1360 g/mol. The minimum absolute atomic E-state index is 0.00718. The number of rotatable bonds is 43. The molecule has 4 aromatic carbocycles. The molecule has 0 spiro atoms. The van der Waals surface area contributed by atoms with E-state index in [0.29, 0.717) is 5.56 Å². The Hall–Kier alpha value is -9.60. The van der Waals surface area contributed by atoms with Gasteiger partial charge in [0.2, 0.25) is 35.4 Å². The van der Waals surface area contributed by atoms with Crippen LogP contribution < -0.4 is 42.5 Å². The van der Waals surface area contributed by atoms with Crippen LogP contribution >= 0.6 is 0 Å². The van der Waals surface area contributed by atoms with E-state index in [0.717, 1.165) is 16.7 Å². The van der Waals surface area contributed by atoms with Crippen molar-refractivity contribution < 1.29 is 90.7 Å². The van der Waals surface area contributed by atoms with Crippen molar-refractivity contribution in [3.05, 3.63) is 144 Å². The lowest BCUT2D eigenvalue weighted by Gasteiger charge is -2.25. The summed E-state index contributed by atoms with van der Waals surface area (Å²) in [7, 11) is 0. The summed E-state index contributed by atoms with van der Waals surface area (Å²) in [5.41, 5.74) is 1.14. The van der Waals surface area contributed by atoms with Crippen LogP contribution in [0.2, 0.25) is 0 Å². The topological polar surface area (TPSA) is 366 Å². The summed E-state index contributed by atoms with van der Waals surface area (Å²) in [6, 6.07) is 29.4. The molecule has 27 heteroatoms. The lowest BCUT2D eigenvalue weighted by Crippen LogP contribution is -2.55. The minimum Gasteiger partial charge on any atom is -0.461 e. The predicted octanol–water partition coefficient (Wildman–Crippen LogP) is 4.44. The molecule has 0 aliphatic heterocycles. The molecular formula is C71H96N8O19. The van der Waals surface area contributed by atoms with E-state index in [1.54, 1.807) is 151 Å². The molecule has 98 heavy (non-hydrogen) atoms. The van der Waals surface area contributed by atoms with Crippen LogP contribution in [0.3, 0.4) is 0 Å². The molecule has 0 radical (unpaired) electrons. The van der Waals surface area contributed by atoms with E-state index in [2.05, 4.69) is 42.5 Å². The maximum Gasteiger partial charge on any atom is 0.408 e. The van der Waals surface area contributed by atoms with Crippen molar-refractivity contribution in [2.24, 2.45) is 5.92 Å². The molecule has 5 unspecified atom stereocenters. The third-order valence-electron chi connectivity index (χ3n) is 13.8. The first-order chi connectivity index (χ1) is 46.6. The van der Waals surface area contributed by atoms with Gasteiger partial charge in [0.1, 0.15) is 61.8 Å². The Morgan fingerprint density at radius 3 is 1.42 bits per heavy atom. The highest BCUT2D eigenvalue weighted by molar-refractivity contribution is 5.94. The zero-order valence-electron chi connectivity index (χ0n) is 57.2. The van der Waals surface area contributed by atoms with Crippen molar-refractivity contribution in [3.8, 4) is 0 Å². The maximum atomic E-state index is 14.0. The first-order valence-corrected chi connectivity index (χ1v) is 32.6. The largest absolute Gasteiger partial charge is 0.461 e. The Morgan fingerprint density at radius 1 is 0.408 bits per heavy atom. The number of ether oxygens (including phenoxy) is 7. The summed E-state index contributed by atoms with van der Waals surface area (Å²) in [5, 5.41) is 21.0.